The van der Waals surface area contributed by atoms with Crippen molar-refractivity contribution in [2.75, 3.05) is 5.75 Å². The van der Waals surface area contributed by atoms with Gasteiger partial charge in [-0.2, -0.15) is 0 Å². The summed E-state index contributed by atoms with van der Waals surface area (Å²) < 4.78 is 1.96. The van der Waals surface area contributed by atoms with E-state index in [2.05, 4.69) is 35.1 Å². The van der Waals surface area contributed by atoms with Crippen LogP contribution in [0.25, 0.3) is 17.1 Å². The van der Waals surface area contributed by atoms with Gasteiger partial charge in [0.05, 0.1) is 11.4 Å². The molecular formula is C17H17N5OS. The van der Waals surface area contributed by atoms with Crippen molar-refractivity contribution in [1.29, 1.82) is 0 Å². The number of hydrogen-bond acceptors (Lipinski definition) is 5. The molecule has 3 rings (SSSR count). The number of primary amides is 1. The number of pyridine rings is 1. The first kappa shape index (κ1) is 16.2. The summed E-state index contributed by atoms with van der Waals surface area (Å²) in [7, 11) is 0. The molecule has 1 aromatic carbocycles. The maximum Gasteiger partial charge on any atom is 0.227 e. The lowest BCUT2D eigenvalue weighted by Gasteiger charge is -2.14. The summed E-state index contributed by atoms with van der Waals surface area (Å²) in [6.07, 6.45) is 3.43. The average molecular weight is 339 g/mol. The van der Waals surface area contributed by atoms with Gasteiger partial charge in [-0.25, -0.2) is 0 Å². The number of nitrogens with zero attached hydrogens (tertiary/aromatic N) is 4. The molecule has 2 aromatic heterocycles. The summed E-state index contributed by atoms with van der Waals surface area (Å²) in [5, 5.41) is 9.22. The molecule has 2 heterocycles. The quantitative estimate of drug-likeness (QED) is 0.722. The van der Waals surface area contributed by atoms with E-state index >= 15 is 0 Å². The van der Waals surface area contributed by atoms with E-state index in [1.165, 1.54) is 17.3 Å². The molecule has 3 aromatic rings. The Kier molecular flexibility index (Phi) is 4.61. The Morgan fingerprint density at radius 2 is 1.92 bits per heavy atom. The third kappa shape index (κ3) is 3.16. The molecule has 0 saturated carbocycles. The van der Waals surface area contributed by atoms with Crippen molar-refractivity contribution in [1.82, 2.24) is 19.7 Å². The molecule has 0 unspecified atom stereocenters. The van der Waals surface area contributed by atoms with Crippen molar-refractivity contribution in [3.63, 3.8) is 0 Å². The SMILES string of the molecule is Cc1cccc(-n2c(SCC(N)=O)nnc2-c2ccncc2)c1C. The highest BCUT2D eigenvalue weighted by molar-refractivity contribution is 7.99. The molecule has 24 heavy (non-hydrogen) atoms. The predicted octanol–water partition coefficient (Wildman–Crippen LogP) is 2.52. The number of benzene rings is 1. The van der Waals surface area contributed by atoms with E-state index in [4.69, 9.17) is 5.73 Å². The number of amides is 1. The zero-order valence-corrected chi connectivity index (χ0v) is 14.2. The maximum absolute atomic E-state index is 11.2. The second-order valence-corrected chi connectivity index (χ2v) is 6.29. The fraction of sp³-hybridized carbons (Fsp3) is 0.176. The highest BCUT2D eigenvalue weighted by Gasteiger charge is 2.18. The van der Waals surface area contributed by atoms with Gasteiger partial charge in [0.25, 0.3) is 0 Å². The highest BCUT2D eigenvalue weighted by Crippen LogP contribution is 2.29. The van der Waals surface area contributed by atoms with Crippen LogP contribution in [0, 0.1) is 13.8 Å². The van der Waals surface area contributed by atoms with Crippen LogP contribution in [0.3, 0.4) is 0 Å². The fourth-order valence-corrected chi connectivity index (χ4v) is 3.07. The third-order valence-corrected chi connectivity index (χ3v) is 4.68. The summed E-state index contributed by atoms with van der Waals surface area (Å²) in [5.41, 5.74) is 9.47. The number of hydrogen-bond donors (Lipinski definition) is 1. The Bertz CT molecular complexity index is 876. The number of nitrogens with two attached hydrogens (primary N) is 1. The molecule has 0 aliphatic heterocycles. The second kappa shape index (κ2) is 6.84. The third-order valence-electron chi connectivity index (χ3n) is 3.73. The second-order valence-electron chi connectivity index (χ2n) is 5.35. The van der Waals surface area contributed by atoms with E-state index in [1.54, 1.807) is 12.4 Å². The minimum Gasteiger partial charge on any atom is -0.369 e. The standard InChI is InChI=1S/C17H17N5OS/c1-11-4-3-5-14(12(11)2)22-16(13-6-8-19-9-7-13)20-21-17(22)24-10-15(18)23/h3-9H,10H2,1-2H3,(H2,18,23). The molecule has 0 atom stereocenters. The summed E-state index contributed by atoms with van der Waals surface area (Å²) in [6, 6.07) is 9.84. The molecule has 1 amide bonds. The minimum absolute atomic E-state index is 0.152. The molecule has 0 aliphatic carbocycles. The first-order chi connectivity index (χ1) is 11.6. The van der Waals surface area contributed by atoms with Crippen LogP contribution >= 0.6 is 11.8 Å². The Morgan fingerprint density at radius 3 is 2.62 bits per heavy atom. The fourth-order valence-electron chi connectivity index (χ4n) is 2.38. The van der Waals surface area contributed by atoms with Crippen molar-refractivity contribution in [3.05, 3.63) is 53.9 Å². The molecule has 0 bridgehead atoms. The summed E-state index contributed by atoms with van der Waals surface area (Å²) in [5.74, 6) is 0.471. The average Bonchev–Trinajstić information content (AvgIpc) is 3.00. The molecule has 0 aliphatic rings. The van der Waals surface area contributed by atoms with Gasteiger partial charge >= 0.3 is 0 Å². The number of thioether (sulfide) groups is 1. The van der Waals surface area contributed by atoms with E-state index in [0.29, 0.717) is 11.0 Å². The topological polar surface area (TPSA) is 86.7 Å². The predicted molar refractivity (Wildman–Crippen MR) is 94.0 cm³/mol. The van der Waals surface area contributed by atoms with Crippen molar-refractivity contribution in [3.8, 4) is 17.1 Å². The van der Waals surface area contributed by atoms with Gasteiger partial charge < -0.3 is 5.73 Å². The number of aromatic nitrogens is 4. The van der Waals surface area contributed by atoms with Gasteiger partial charge in [0, 0.05) is 18.0 Å². The molecule has 6 nitrogen and oxygen atoms in total. The molecule has 122 valence electrons. The van der Waals surface area contributed by atoms with Gasteiger partial charge in [-0.05, 0) is 43.2 Å². The van der Waals surface area contributed by atoms with Crippen LogP contribution < -0.4 is 5.73 Å². The van der Waals surface area contributed by atoms with E-state index < -0.39 is 0 Å². The van der Waals surface area contributed by atoms with Gasteiger partial charge in [0.2, 0.25) is 5.91 Å². The van der Waals surface area contributed by atoms with Crippen molar-refractivity contribution >= 4 is 17.7 Å². The molecule has 0 radical (unpaired) electrons. The van der Waals surface area contributed by atoms with E-state index in [-0.39, 0.29) is 11.7 Å². The van der Waals surface area contributed by atoms with Crippen LogP contribution in [0.4, 0.5) is 0 Å². The van der Waals surface area contributed by atoms with Crippen LogP contribution in [-0.2, 0) is 4.79 Å². The normalized spacial score (nSPS) is 10.8. The monoisotopic (exact) mass is 339 g/mol. The molecule has 2 N–H and O–H groups in total. The highest BCUT2D eigenvalue weighted by atomic mass is 32.2. The van der Waals surface area contributed by atoms with Crippen molar-refractivity contribution < 1.29 is 4.79 Å². The Labute approximate surface area is 144 Å². The number of carbonyl (C=O) groups is 1. The van der Waals surface area contributed by atoms with Crippen LogP contribution in [0.5, 0.6) is 0 Å². The molecule has 7 heteroatoms. The number of carbonyl (C=O) groups excluding carboxylic acids is 1. The van der Waals surface area contributed by atoms with Crippen LogP contribution in [0.15, 0.2) is 47.9 Å². The Hall–Kier alpha value is -2.67. The molecule has 0 saturated heterocycles. The zero-order valence-electron chi connectivity index (χ0n) is 13.4. The first-order valence-corrected chi connectivity index (χ1v) is 8.40. The van der Waals surface area contributed by atoms with E-state index in [1.807, 2.05) is 28.8 Å². The van der Waals surface area contributed by atoms with Gasteiger partial charge in [0.1, 0.15) is 0 Å². The van der Waals surface area contributed by atoms with Gasteiger partial charge in [-0.1, -0.05) is 23.9 Å². The van der Waals surface area contributed by atoms with Crippen molar-refractivity contribution in [2.24, 2.45) is 5.73 Å². The Balaban J connectivity index is 2.18. The van der Waals surface area contributed by atoms with Crippen LogP contribution in [-0.4, -0.2) is 31.4 Å². The minimum atomic E-state index is -0.388. The molecule has 0 fully saturated rings. The lowest BCUT2D eigenvalue weighted by Crippen LogP contribution is -2.14. The van der Waals surface area contributed by atoms with Gasteiger partial charge in [-0.15, -0.1) is 10.2 Å². The maximum atomic E-state index is 11.2. The molecule has 0 spiro atoms. The van der Waals surface area contributed by atoms with E-state index in [9.17, 15) is 4.79 Å². The summed E-state index contributed by atoms with van der Waals surface area (Å²) in [6.45, 7) is 4.12. The zero-order chi connectivity index (χ0) is 17.1. The first-order valence-electron chi connectivity index (χ1n) is 7.41. The Morgan fingerprint density at radius 1 is 1.17 bits per heavy atom. The largest absolute Gasteiger partial charge is 0.369 e. The molecular weight excluding hydrogens is 322 g/mol. The smallest absolute Gasteiger partial charge is 0.227 e. The van der Waals surface area contributed by atoms with Crippen LogP contribution in [0.1, 0.15) is 11.1 Å². The lowest BCUT2D eigenvalue weighted by atomic mass is 10.1. The lowest BCUT2D eigenvalue weighted by molar-refractivity contribution is -0.115. The number of aryl methyl sites for hydroxylation is 1. The summed E-state index contributed by atoms with van der Waals surface area (Å²) in [4.78, 5) is 15.2. The van der Waals surface area contributed by atoms with E-state index in [0.717, 1.165) is 16.8 Å². The van der Waals surface area contributed by atoms with Crippen molar-refractivity contribution in [2.45, 2.75) is 19.0 Å². The van der Waals surface area contributed by atoms with Gasteiger partial charge in [-0.3, -0.25) is 14.3 Å². The number of rotatable bonds is 5. The summed E-state index contributed by atoms with van der Waals surface area (Å²) >= 11 is 1.28. The van der Waals surface area contributed by atoms with Gasteiger partial charge in [0.15, 0.2) is 11.0 Å². The van der Waals surface area contributed by atoms with Crippen LogP contribution in [0.2, 0.25) is 0 Å².